The molecular formula is C9H17NO2. The van der Waals surface area contributed by atoms with Gasteiger partial charge in [0.2, 0.25) is 0 Å². The molecule has 1 heterocycles. The van der Waals surface area contributed by atoms with Gasteiger partial charge in [0.25, 0.3) is 0 Å². The van der Waals surface area contributed by atoms with Crippen LogP contribution >= 0.6 is 0 Å². The minimum atomic E-state index is -0.891. The van der Waals surface area contributed by atoms with E-state index >= 15 is 0 Å². The summed E-state index contributed by atoms with van der Waals surface area (Å²) < 4.78 is 0. The van der Waals surface area contributed by atoms with Gasteiger partial charge in [-0.1, -0.05) is 12.5 Å². The standard InChI is InChI=1S/C5H11N.C4H6O2/c1-2-4-6-5-3-1;1-2-3-4(5)6/h6H,1-5H2;2-3H,1H3,(H,5,6)/b;3-2+. The van der Waals surface area contributed by atoms with Crippen molar-refractivity contribution in [2.45, 2.75) is 26.2 Å². The van der Waals surface area contributed by atoms with Crippen molar-refractivity contribution in [2.24, 2.45) is 0 Å². The zero-order chi connectivity index (χ0) is 9.23. The lowest BCUT2D eigenvalue weighted by molar-refractivity contribution is -0.131. The van der Waals surface area contributed by atoms with Gasteiger partial charge in [-0.25, -0.2) is 4.79 Å². The predicted octanol–water partition coefficient (Wildman–Crippen LogP) is 1.41. The van der Waals surface area contributed by atoms with Crippen LogP contribution in [0.3, 0.4) is 0 Å². The van der Waals surface area contributed by atoms with Gasteiger partial charge in [-0.05, 0) is 32.9 Å². The van der Waals surface area contributed by atoms with Crippen LogP contribution in [0.2, 0.25) is 0 Å². The molecule has 3 nitrogen and oxygen atoms in total. The van der Waals surface area contributed by atoms with Crippen LogP contribution in [0.15, 0.2) is 12.2 Å². The molecule has 0 aromatic carbocycles. The molecular weight excluding hydrogens is 154 g/mol. The Hall–Kier alpha value is -0.830. The Kier molecular flexibility index (Phi) is 7.70. The molecule has 0 unspecified atom stereocenters. The third-order valence-electron chi connectivity index (χ3n) is 1.52. The summed E-state index contributed by atoms with van der Waals surface area (Å²) in [4.78, 5) is 9.51. The maximum absolute atomic E-state index is 9.51. The summed E-state index contributed by atoms with van der Waals surface area (Å²) in [6.45, 7) is 4.16. The maximum atomic E-state index is 9.51. The van der Waals surface area contributed by atoms with Gasteiger partial charge in [0.1, 0.15) is 0 Å². The van der Waals surface area contributed by atoms with Gasteiger partial charge in [0, 0.05) is 6.08 Å². The molecule has 1 saturated heterocycles. The van der Waals surface area contributed by atoms with E-state index in [9.17, 15) is 4.79 Å². The Morgan fingerprint density at radius 3 is 2.00 bits per heavy atom. The molecule has 0 aromatic heterocycles. The maximum Gasteiger partial charge on any atom is 0.327 e. The first-order valence-corrected chi connectivity index (χ1v) is 4.33. The van der Waals surface area contributed by atoms with E-state index in [1.54, 1.807) is 6.92 Å². The molecule has 70 valence electrons. The molecule has 0 aliphatic carbocycles. The second-order valence-corrected chi connectivity index (χ2v) is 2.65. The van der Waals surface area contributed by atoms with Crippen molar-refractivity contribution < 1.29 is 9.90 Å². The molecule has 1 aliphatic rings. The number of carbonyl (C=O) groups is 1. The first-order chi connectivity index (χ1) is 5.77. The first kappa shape index (κ1) is 11.2. The van der Waals surface area contributed by atoms with Crippen LogP contribution in [0, 0.1) is 0 Å². The summed E-state index contributed by atoms with van der Waals surface area (Å²) in [7, 11) is 0. The lowest BCUT2D eigenvalue weighted by Gasteiger charge is -2.08. The van der Waals surface area contributed by atoms with E-state index in [2.05, 4.69) is 5.32 Å². The fraction of sp³-hybridized carbons (Fsp3) is 0.667. The molecule has 0 amide bonds. The van der Waals surface area contributed by atoms with Crippen molar-refractivity contribution >= 4 is 5.97 Å². The number of hydrogen-bond donors (Lipinski definition) is 2. The SMILES string of the molecule is C/C=C/C(=O)O.C1CCNCC1. The highest BCUT2D eigenvalue weighted by Crippen LogP contribution is 1.96. The van der Waals surface area contributed by atoms with E-state index in [0.29, 0.717) is 0 Å². The Balaban J connectivity index is 0.000000202. The van der Waals surface area contributed by atoms with Gasteiger partial charge < -0.3 is 10.4 Å². The minimum Gasteiger partial charge on any atom is -0.478 e. The third kappa shape index (κ3) is 9.17. The number of aliphatic carboxylic acids is 1. The monoisotopic (exact) mass is 171 g/mol. The lowest BCUT2D eigenvalue weighted by atomic mass is 10.2. The normalized spacial score (nSPS) is 16.8. The highest BCUT2D eigenvalue weighted by Gasteiger charge is 1.93. The number of allylic oxidation sites excluding steroid dienone is 1. The van der Waals surface area contributed by atoms with Gasteiger partial charge >= 0.3 is 5.97 Å². The summed E-state index contributed by atoms with van der Waals surface area (Å²) >= 11 is 0. The Morgan fingerprint density at radius 1 is 1.33 bits per heavy atom. The number of hydrogen-bond acceptors (Lipinski definition) is 2. The van der Waals surface area contributed by atoms with Crippen LogP contribution < -0.4 is 5.32 Å². The van der Waals surface area contributed by atoms with Crippen molar-refractivity contribution in [3.8, 4) is 0 Å². The van der Waals surface area contributed by atoms with E-state index in [0.717, 1.165) is 6.08 Å². The Labute approximate surface area is 73.5 Å². The van der Waals surface area contributed by atoms with Gasteiger partial charge in [-0.2, -0.15) is 0 Å². The molecule has 3 heteroatoms. The molecule has 1 fully saturated rings. The predicted molar refractivity (Wildman–Crippen MR) is 49.2 cm³/mol. The topological polar surface area (TPSA) is 49.3 Å². The van der Waals surface area contributed by atoms with Crippen LogP contribution in [0.25, 0.3) is 0 Å². The second kappa shape index (κ2) is 8.27. The summed E-state index contributed by atoms with van der Waals surface area (Å²) in [5, 5.41) is 11.1. The molecule has 0 spiro atoms. The number of nitrogens with one attached hydrogen (secondary N) is 1. The van der Waals surface area contributed by atoms with Crippen molar-refractivity contribution in [3.63, 3.8) is 0 Å². The van der Waals surface area contributed by atoms with Crippen LogP contribution in [0.4, 0.5) is 0 Å². The van der Waals surface area contributed by atoms with E-state index in [1.165, 1.54) is 38.4 Å². The molecule has 1 rings (SSSR count). The van der Waals surface area contributed by atoms with Gasteiger partial charge in [-0.15, -0.1) is 0 Å². The molecule has 0 atom stereocenters. The average Bonchev–Trinajstić information content (AvgIpc) is 2.08. The van der Waals surface area contributed by atoms with E-state index in [-0.39, 0.29) is 0 Å². The van der Waals surface area contributed by atoms with Crippen LogP contribution in [-0.4, -0.2) is 24.2 Å². The van der Waals surface area contributed by atoms with E-state index < -0.39 is 5.97 Å². The quantitative estimate of drug-likeness (QED) is 0.586. The molecule has 0 radical (unpaired) electrons. The summed E-state index contributed by atoms with van der Waals surface area (Å²) in [6.07, 6.45) is 6.77. The number of rotatable bonds is 1. The second-order valence-electron chi connectivity index (χ2n) is 2.65. The van der Waals surface area contributed by atoms with Crippen LogP contribution in [0.5, 0.6) is 0 Å². The number of carboxylic acids is 1. The first-order valence-electron chi connectivity index (χ1n) is 4.33. The summed E-state index contributed by atoms with van der Waals surface area (Å²) in [6, 6.07) is 0. The molecule has 1 aliphatic heterocycles. The fourth-order valence-electron chi connectivity index (χ4n) is 0.944. The van der Waals surface area contributed by atoms with Crippen molar-refractivity contribution in [2.75, 3.05) is 13.1 Å². The van der Waals surface area contributed by atoms with Crippen LogP contribution in [0.1, 0.15) is 26.2 Å². The van der Waals surface area contributed by atoms with E-state index in [4.69, 9.17) is 5.11 Å². The Morgan fingerprint density at radius 2 is 1.92 bits per heavy atom. The molecule has 0 bridgehead atoms. The number of carboxylic acid groups (broad SMARTS) is 1. The highest BCUT2D eigenvalue weighted by atomic mass is 16.4. The van der Waals surface area contributed by atoms with Gasteiger partial charge in [0.15, 0.2) is 0 Å². The average molecular weight is 171 g/mol. The molecule has 0 aromatic rings. The van der Waals surface area contributed by atoms with Crippen LogP contribution in [-0.2, 0) is 4.79 Å². The third-order valence-corrected chi connectivity index (χ3v) is 1.52. The van der Waals surface area contributed by atoms with Crippen molar-refractivity contribution in [1.82, 2.24) is 5.32 Å². The van der Waals surface area contributed by atoms with Gasteiger partial charge in [-0.3, -0.25) is 0 Å². The molecule has 2 N–H and O–H groups in total. The summed E-state index contributed by atoms with van der Waals surface area (Å²) in [5.74, 6) is -0.891. The lowest BCUT2D eigenvalue weighted by Crippen LogP contribution is -2.21. The van der Waals surface area contributed by atoms with E-state index in [1.807, 2.05) is 0 Å². The van der Waals surface area contributed by atoms with Gasteiger partial charge in [0.05, 0.1) is 0 Å². The molecule has 12 heavy (non-hydrogen) atoms. The zero-order valence-electron chi connectivity index (χ0n) is 7.55. The number of piperidine rings is 1. The zero-order valence-corrected chi connectivity index (χ0v) is 7.55. The smallest absolute Gasteiger partial charge is 0.327 e. The minimum absolute atomic E-state index is 0.891. The highest BCUT2D eigenvalue weighted by molar-refractivity contribution is 5.79. The molecule has 0 saturated carbocycles. The summed E-state index contributed by atoms with van der Waals surface area (Å²) in [5.41, 5.74) is 0. The van der Waals surface area contributed by atoms with Crippen molar-refractivity contribution in [1.29, 1.82) is 0 Å². The fourth-order valence-corrected chi connectivity index (χ4v) is 0.944. The van der Waals surface area contributed by atoms with Crippen molar-refractivity contribution in [3.05, 3.63) is 12.2 Å². The largest absolute Gasteiger partial charge is 0.478 e. The Bertz CT molecular complexity index is 128.